The van der Waals surface area contributed by atoms with Gasteiger partial charge in [-0.05, 0) is 62.2 Å². The minimum absolute atomic E-state index is 1.20. The van der Waals surface area contributed by atoms with Crippen LogP contribution < -0.4 is 0 Å². The molecule has 0 heterocycles. The van der Waals surface area contributed by atoms with E-state index in [0.29, 0.717) is 0 Å². The molecule has 0 radical (unpaired) electrons. The third-order valence-electron chi connectivity index (χ3n) is 3.95. The normalized spacial score (nSPS) is 57.6. The molecule has 3 rings (SSSR count). The van der Waals surface area contributed by atoms with Crippen LogP contribution in [0.4, 0.5) is 0 Å². The second-order valence-corrected chi connectivity index (χ2v) is 4.67. The van der Waals surface area contributed by atoms with Crippen molar-refractivity contribution in [2.45, 2.75) is 38.5 Å². The van der Waals surface area contributed by atoms with Gasteiger partial charge in [-0.15, -0.1) is 0 Å². The minimum atomic E-state index is 1.20. The molecule has 56 valence electrons. The standard InChI is InChI=1S/C10H16/c1-2-8-6-10(8)4-3-9-5-7(1)9/h7-10H,1-6H2/t7-,8-,9-,10+/m0/s1. The van der Waals surface area contributed by atoms with Crippen molar-refractivity contribution in [3.05, 3.63) is 0 Å². The maximum atomic E-state index is 1.60. The van der Waals surface area contributed by atoms with Crippen LogP contribution in [0.2, 0.25) is 0 Å². The average molecular weight is 136 g/mol. The third-order valence-corrected chi connectivity index (χ3v) is 3.95. The lowest BCUT2D eigenvalue weighted by molar-refractivity contribution is 0.468. The Morgan fingerprint density at radius 2 is 0.800 bits per heavy atom. The van der Waals surface area contributed by atoms with E-state index in [1.807, 2.05) is 0 Å². The monoisotopic (exact) mass is 136 g/mol. The summed E-state index contributed by atoms with van der Waals surface area (Å²) in [4.78, 5) is 0. The summed E-state index contributed by atoms with van der Waals surface area (Å²) in [6.07, 6.45) is 9.55. The van der Waals surface area contributed by atoms with Crippen LogP contribution in [0, 0.1) is 23.7 Å². The van der Waals surface area contributed by atoms with Crippen LogP contribution in [0.25, 0.3) is 0 Å². The van der Waals surface area contributed by atoms with Crippen molar-refractivity contribution in [1.29, 1.82) is 0 Å². The van der Waals surface area contributed by atoms with Crippen molar-refractivity contribution in [1.82, 2.24) is 0 Å². The second kappa shape index (κ2) is 1.78. The van der Waals surface area contributed by atoms with E-state index < -0.39 is 0 Å². The first-order chi connectivity index (χ1) is 4.93. The van der Waals surface area contributed by atoms with Crippen LogP contribution in [0.1, 0.15) is 38.5 Å². The van der Waals surface area contributed by atoms with Crippen LogP contribution in [0.15, 0.2) is 0 Å². The molecule has 0 bridgehead atoms. The fraction of sp³-hybridized carbons (Fsp3) is 1.00. The fourth-order valence-corrected chi connectivity index (χ4v) is 2.89. The molecule has 0 unspecified atom stereocenters. The summed E-state index contributed by atoms with van der Waals surface area (Å²) in [6.45, 7) is 0. The molecule has 3 fully saturated rings. The number of hydrogen-bond acceptors (Lipinski definition) is 0. The maximum absolute atomic E-state index is 1.60. The quantitative estimate of drug-likeness (QED) is 0.480. The molecule has 0 N–H and O–H groups in total. The Balaban J connectivity index is 1.67. The van der Waals surface area contributed by atoms with Gasteiger partial charge in [0.1, 0.15) is 0 Å². The molecule has 0 aromatic carbocycles. The summed E-state index contributed by atoms with van der Waals surface area (Å²) in [6, 6.07) is 0. The lowest BCUT2D eigenvalue weighted by Gasteiger charge is -2.04. The highest BCUT2D eigenvalue weighted by molar-refractivity contribution is 4.95. The first kappa shape index (κ1) is 5.62. The molecule has 0 nitrogen and oxygen atoms in total. The first-order valence-corrected chi connectivity index (χ1v) is 4.93. The Morgan fingerprint density at radius 1 is 0.500 bits per heavy atom. The highest BCUT2D eigenvalue weighted by Crippen LogP contribution is 2.55. The Bertz CT molecular complexity index is 116. The third kappa shape index (κ3) is 0.810. The van der Waals surface area contributed by atoms with Gasteiger partial charge in [-0.3, -0.25) is 0 Å². The van der Waals surface area contributed by atoms with E-state index in [9.17, 15) is 0 Å². The number of rotatable bonds is 0. The molecule has 3 saturated carbocycles. The van der Waals surface area contributed by atoms with E-state index in [2.05, 4.69) is 0 Å². The van der Waals surface area contributed by atoms with E-state index in [4.69, 9.17) is 0 Å². The first-order valence-electron chi connectivity index (χ1n) is 4.93. The molecular weight excluding hydrogens is 120 g/mol. The molecule has 0 heteroatoms. The predicted octanol–water partition coefficient (Wildman–Crippen LogP) is 2.83. The Kier molecular flexibility index (Phi) is 1.00. The van der Waals surface area contributed by atoms with Gasteiger partial charge in [-0.2, -0.15) is 0 Å². The Hall–Kier alpha value is 0. The van der Waals surface area contributed by atoms with Crippen LogP contribution in [0.3, 0.4) is 0 Å². The van der Waals surface area contributed by atoms with E-state index >= 15 is 0 Å². The van der Waals surface area contributed by atoms with Crippen molar-refractivity contribution < 1.29 is 0 Å². The molecule has 3 aliphatic carbocycles. The lowest BCUT2D eigenvalue weighted by Crippen LogP contribution is -1.93. The molecule has 3 aliphatic rings. The van der Waals surface area contributed by atoms with E-state index in [1.54, 1.807) is 38.5 Å². The molecular formula is C10H16. The van der Waals surface area contributed by atoms with Gasteiger partial charge in [0, 0.05) is 0 Å². The van der Waals surface area contributed by atoms with Crippen LogP contribution in [-0.2, 0) is 0 Å². The molecule has 0 aliphatic heterocycles. The highest BCUT2D eigenvalue weighted by atomic mass is 14.5. The van der Waals surface area contributed by atoms with Crippen LogP contribution in [0.5, 0.6) is 0 Å². The SMILES string of the molecule is C1C[C@H]2C[C@@H]2CC[C@H]2C[C@@H]12. The summed E-state index contributed by atoms with van der Waals surface area (Å²) in [5.74, 6) is 4.78. The summed E-state index contributed by atoms with van der Waals surface area (Å²) in [5.41, 5.74) is 0. The van der Waals surface area contributed by atoms with Crippen molar-refractivity contribution in [3.8, 4) is 0 Å². The molecule has 0 spiro atoms. The van der Waals surface area contributed by atoms with Crippen molar-refractivity contribution in [2.75, 3.05) is 0 Å². The van der Waals surface area contributed by atoms with Crippen molar-refractivity contribution >= 4 is 0 Å². The zero-order chi connectivity index (χ0) is 6.55. The van der Waals surface area contributed by atoms with E-state index in [1.165, 1.54) is 23.7 Å². The van der Waals surface area contributed by atoms with Gasteiger partial charge >= 0.3 is 0 Å². The molecule has 10 heavy (non-hydrogen) atoms. The highest BCUT2D eigenvalue weighted by Gasteiger charge is 2.44. The topological polar surface area (TPSA) is 0 Å². The second-order valence-electron chi connectivity index (χ2n) is 4.67. The fourth-order valence-electron chi connectivity index (χ4n) is 2.89. The van der Waals surface area contributed by atoms with Gasteiger partial charge in [-0.25, -0.2) is 0 Å². The van der Waals surface area contributed by atoms with Gasteiger partial charge < -0.3 is 0 Å². The average Bonchev–Trinajstić information content (AvgIpc) is 2.70. The smallest absolute Gasteiger partial charge is 0.0383 e. The van der Waals surface area contributed by atoms with Gasteiger partial charge in [0.25, 0.3) is 0 Å². The zero-order valence-electron chi connectivity index (χ0n) is 6.55. The van der Waals surface area contributed by atoms with Crippen LogP contribution >= 0.6 is 0 Å². The van der Waals surface area contributed by atoms with Crippen molar-refractivity contribution in [3.63, 3.8) is 0 Å². The zero-order valence-corrected chi connectivity index (χ0v) is 6.55. The van der Waals surface area contributed by atoms with Crippen molar-refractivity contribution in [2.24, 2.45) is 23.7 Å². The van der Waals surface area contributed by atoms with E-state index in [0.717, 1.165) is 0 Å². The summed E-state index contributed by atoms with van der Waals surface area (Å²) in [7, 11) is 0. The summed E-state index contributed by atoms with van der Waals surface area (Å²) >= 11 is 0. The van der Waals surface area contributed by atoms with Crippen LogP contribution in [-0.4, -0.2) is 0 Å². The number of hydrogen-bond donors (Lipinski definition) is 0. The largest absolute Gasteiger partial charge is 0.0499 e. The Labute approximate surface area is 63.0 Å². The summed E-state index contributed by atoms with van der Waals surface area (Å²) < 4.78 is 0. The van der Waals surface area contributed by atoms with Gasteiger partial charge in [0.05, 0.1) is 0 Å². The summed E-state index contributed by atoms with van der Waals surface area (Å²) in [5, 5.41) is 0. The van der Waals surface area contributed by atoms with Gasteiger partial charge in [0.15, 0.2) is 0 Å². The maximum Gasteiger partial charge on any atom is -0.0383 e. The Morgan fingerprint density at radius 3 is 1.10 bits per heavy atom. The predicted molar refractivity (Wildman–Crippen MR) is 41.7 cm³/mol. The minimum Gasteiger partial charge on any atom is -0.0499 e. The molecule has 0 amide bonds. The van der Waals surface area contributed by atoms with E-state index in [-0.39, 0.29) is 0 Å². The van der Waals surface area contributed by atoms with Gasteiger partial charge in [0.2, 0.25) is 0 Å². The lowest BCUT2D eigenvalue weighted by atomic mass is 10.0. The van der Waals surface area contributed by atoms with Gasteiger partial charge in [-0.1, -0.05) is 0 Å². The molecule has 0 aromatic heterocycles. The molecule has 4 atom stereocenters. The number of fused-ring (bicyclic) bond motifs is 2. The molecule has 0 aromatic rings. The molecule has 0 saturated heterocycles.